The van der Waals surface area contributed by atoms with Crippen molar-refractivity contribution < 1.29 is 10.2 Å². The average molecular weight is 290 g/mol. The summed E-state index contributed by atoms with van der Waals surface area (Å²) < 4.78 is 1.99. The quantitative estimate of drug-likeness (QED) is 0.824. The Morgan fingerprint density at radius 1 is 1.19 bits per heavy atom. The smallest absolute Gasteiger partial charge is 0.0710 e. The molecule has 116 valence electrons. The van der Waals surface area contributed by atoms with Crippen molar-refractivity contribution in [2.24, 2.45) is 11.3 Å². The SMILES string of the molecule is CCn1nc(CC(CO)(CO)CC(C)C)c2ccccc21. The highest BCUT2D eigenvalue weighted by Crippen LogP contribution is 2.32. The highest BCUT2D eigenvalue weighted by atomic mass is 16.3. The fourth-order valence-electron chi connectivity index (χ4n) is 3.15. The lowest BCUT2D eigenvalue weighted by molar-refractivity contribution is 0.0363. The van der Waals surface area contributed by atoms with E-state index in [9.17, 15) is 10.2 Å². The van der Waals surface area contributed by atoms with Gasteiger partial charge in [-0.3, -0.25) is 4.68 Å². The van der Waals surface area contributed by atoms with E-state index >= 15 is 0 Å². The molecule has 4 heteroatoms. The Morgan fingerprint density at radius 3 is 2.43 bits per heavy atom. The van der Waals surface area contributed by atoms with Gasteiger partial charge in [-0.2, -0.15) is 5.10 Å². The second kappa shape index (κ2) is 6.58. The van der Waals surface area contributed by atoms with Crippen molar-refractivity contribution in [2.75, 3.05) is 13.2 Å². The monoisotopic (exact) mass is 290 g/mol. The third-order valence-electron chi connectivity index (χ3n) is 4.09. The zero-order chi connectivity index (χ0) is 15.5. The molecule has 2 N–H and O–H groups in total. The van der Waals surface area contributed by atoms with Crippen molar-refractivity contribution in [3.8, 4) is 0 Å². The molecule has 1 heterocycles. The molecule has 0 aliphatic rings. The molecule has 0 saturated carbocycles. The minimum absolute atomic E-state index is 0.0189. The maximum Gasteiger partial charge on any atom is 0.0710 e. The summed E-state index contributed by atoms with van der Waals surface area (Å²) in [7, 11) is 0. The lowest BCUT2D eigenvalue weighted by Gasteiger charge is -2.31. The summed E-state index contributed by atoms with van der Waals surface area (Å²) in [6.45, 7) is 7.08. The predicted molar refractivity (Wildman–Crippen MR) is 85.2 cm³/mol. The number of aliphatic hydroxyl groups is 2. The number of nitrogens with zero attached hydrogens (tertiary/aromatic N) is 2. The first kappa shape index (κ1) is 16.0. The van der Waals surface area contributed by atoms with Crippen molar-refractivity contribution >= 4 is 10.9 Å². The van der Waals surface area contributed by atoms with Crippen molar-refractivity contribution in [3.05, 3.63) is 30.0 Å². The molecule has 0 saturated heterocycles. The second-order valence-electron chi connectivity index (χ2n) is 6.37. The number of fused-ring (bicyclic) bond motifs is 1. The van der Waals surface area contributed by atoms with Crippen LogP contribution in [0.2, 0.25) is 0 Å². The van der Waals surface area contributed by atoms with E-state index in [4.69, 9.17) is 5.10 Å². The van der Waals surface area contributed by atoms with Crippen LogP contribution in [0.5, 0.6) is 0 Å². The standard InChI is InChI=1S/C17H26N2O2/c1-4-19-16-8-6-5-7-14(16)15(18-19)10-17(11-20,12-21)9-13(2)3/h5-8,13,20-21H,4,9-12H2,1-3H3. The molecule has 0 aliphatic heterocycles. The van der Waals surface area contributed by atoms with Crippen LogP contribution in [0.15, 0.2) is 24.3 Å². The molecule has 0 bridgehead atoms. The number of aromatic nitrogens is 2. The van der Waals surface area contributed by atoms with Crippen LogP contribution in [0.3, 0.4) is 0 Å². The van der Waals surface area contributed by atoms with E-state index in [1.54, 1.807) is 0 Å². The van der Waals surface area contributed by atoms with E-state index in [0.717, 1.165) is 29.6 Å². The molecule has 2 rings (SSSR count). The van der Waals surface area contributed by atoms with Crippen LogP contribution >= 0.6 is 0 Å². The zero-order valence-electron chi connectivity index (χ0n) is 13.2. The average Bonchev–Trinajstić information content (AvgIpc) is 2.84. The number of rotatable bonds is 7. The Kier molecular flexibility index (Phi) is 5.01. The molecule has 0 aliphatic carbocycles. The fraction of sp³-hybridized carbons (Fsp3) is 0.588. The summed E-state index contributed by atoms with van der Waals surface area (Å²) in [5, 5.41) is 25.5. The number of para-hydroxylation sites is 1. The lowest BCUT2D eigenvalue weighted by atomic mass is 9.77. The van der Waals surface area contributed by atoms with Crippen LogP contribution in [-0.4, -0.2) is 33.2 Å². The van der Waals surface area contributed by atoms with Crippen LogP contribution in [0.25, 0.3) is 10.9 Å². The summed E-state index contributed by atoms with van der Waals surface area (Å²) >= 11 is 0. The number of hydrogen-bond acceptors (Lipinski definition) is 3. The van der Waals surface area contributed by atoms with Gasteiger partial charge in [0, 0.05) is 23.8 Å². The Labute approximate surface area is 126 Å². The minimum atomic E-state index is -0.496. The summed E-state index contributed by atoms with van der Waals surface area (Å²) in [6.07, 6.45) is 1.39. The van der Waals surface area contributed by atoms with Crippen molar-refractivity contribution in [1.82, 2.24) is 9.78 Å². The minimum Gasteiger partial charge on any atom is -0.396 e. The van der Waals surface area contributed by atoms with Gasteiger partial charge in [0.25, 0.3) is 0 Å². The van der Waals surface area contributed by atoms with E-state index in [-0.39, 0.29) is 13.2 Å². The summed E-state index contributed by atoms with van der Waals surface area (Å²) in [4.78, 5) is 0. The summed E-state index contributed by atoms with van der Waals surface area (Å²) in [6, 6.07) is 8.16. The van der Waals surface area contributed by atoms with Crippen LogP contribution < -0.4 is 0 Å². The topological polar surface area (TPSA) is 58.3 Å². The maximum atomic E-state index is 9.83. The van der Waals surface area contributed by atoms with Gasteiger partial charge in [0.15, 0.2) is 0 Å². The Morgan fingerprint density at radius 2 is 1.86 bits per heavy atom. The zero-order valence-corrected chi connectivity index (χ0v) is 13.2. The van der Waals surface area contributed by atoms with Gasteiger partial charge in [-0.15, -0.1) is 0 Å². The molecule has 4 nitrogen and oxygen atoms in total. The molecule has 2 aromatic rings. The van der Waals surface area contributed by atoms with Gasteiger partial charge in [0.05, 0.1) is 24.4 Å². The second-order valence-corrected chi connectivity index (χ2v) is 6.37. The number of aryl methyl sites for hydroxylation is 1. The van der Waals surface area contributed by atoms with Gasteiger partial charge in [-0.05, 0) is 25.3 Å². The highest BCUT2D eigenvalue weighted by molar-refractivity contribution is 5.82. The van der Waals surface area contributed by atoms with Gasteiger partial charge in [-0.25, -0.2) is 0 Å². The van der Waals surface area contributed by atoms with Gasteiger partial charge >= 0.3 is 0 Å². The van der Waals surface area contributed by atoms with Crippen LogP contribution in [0.4, 0.5) is 0 Å². The first-order valence-corrected chi connectivity index (χ1v) is 7.71. The molecular weight excluding hydrogens is 264 g/mol. The third-order valence-corrected chi connectivity index (χ3v) is 4.09. The number of hydrogen-bond donors (Lipinski definition) is 2. The molecule has 0 spiro atoms. The Hall–Kier alpha value is -1.39. The summed E-state index contributed by atoms with van der Waals surface area (Å²) in [5.41, 5.74) is 1.59. The molecule has 0 amide bonds. The number of benzene rings is 1. The van der Waals surface area contributed by atoms with Crippen LogP contribution in [0, 0.1) is 11.3 Å². The molecular formula is C17H26N2O2. The molecule has 0 unspecified atom stereocenters. The van der Waals surface area contributed by atoms with E-state index < -0.39 is 5.41 Å². The first-order chi connectivity index (χ1) is 10.0. The molecule has 0 radical (unpaired) electrons. The van der Waals surface area contributed by atoms with Crippen molar-refractivity contribution in [1.29, 1.82) is 0 Å². The van der Waals surface area contributed by atoms with Crippen LogP contribution in [0.1, 0.15) is 32.9 Å². The molecule has 0 atom stereocenters. The van der Waals surface area contributed by atoms with E-state index in [1.165, 1.54) is 0 Å². The summed E-state index contributed by atoms with van der Waals surface area (Å²) in [5.74, 6) is 0.420. The molecule has 21 heavy (non-hydrogen) atoms. The van der Waals surface area contributed by atoms with E-state index in [1.807, 2.05) is 16.8 Å². The van der Waals surface area contributed by atoms with E-state index in [0.29, 0.717) is 12.3 Å². The third kappa shape index (κ3) is 3.27. The van der Waals surface area contributed by atoms with Gasteiger partial charge < -0.3 is 10.2 Å². The Balaban J connectivity index is 2.41. The molecule has 1 aromatic heterocycles. The van der Waals surface area contributed by atoms with E-state index in [2.05, 4.69) is 32.9 Å². The van der Waals surface area contributed by atoms with Crippen molar-refractivity contribution in [2.45, 2.75) is 40.2 Å². The largest absolute Gasteiger partial charge is 0.396 e. The van der Waals surface area contributed by atoms with Gasteiger partial charge in [0.1, 0.15) is 0 Å². The molecule has 0 fully saturated rings. The van der Waals surface area contributed by atoms with Gasteiger partial charge in [-0.1, -0.05) is 32.0 Å². The normalized spacial score (nSPS) is 12.5. The maximum absolute atomic E-state index is 9.83. The molecule has 1 aromatic carbocycles. The first-order valence-electron chi connectivity index (χ1n) is 7.71. The lowest BCUT2D eigenvalue weighted by Crippen LogP contribution is -2.34. The predicted octanol–water partition coefficient (Wildman–Crippen LogP) is 2.62. The van der Waals surface area contributed by atoms with Gasteiger partial charge in [0.2, 0.25) is 0 Å². The van der Waals surface area contributed by atoms with Crippen molar-refractivity contribution in [3.63, 3.8) is 0 Å². The number of aliphatic hydroxyl groups excluding tert-OH is 2. The fourth-order valence-corrected chi connectivity index (χ4v) is 3.15. The Bertz CT molecular complexity index is 585. The highest BCUT2D eigenvalue weighted by Gasteiger charge is 2.32. The van der Waals surface area contributed by atoms with Crippen LogP contribution in [-0.2, 0) is 13.0 Å².